The van der Waals surface area contributed by atoms with Gasteiger partial charge < -0.3 is 9.84 Å². The number of aliphatic hydroxyl groups is 1. The van der Waals surface area contributed by atoms with Gasteiger partial charge in [-0.05, 0) is 51.0 Å². The molecule has 158 valence electrons. The van der Waals surface area contributed by atoms with Crippen LogP contribution in [0.15, 0.2) is 58.7 Å². The van der Waals surface area contributed by atoms with Crippen molar-refractivity contribution < 1.29 is 14.2 Å². The summed E-state index contributed by atoms with van der Waals surface area (Å²) in [5, 5.41) is 10.2. The van der Waals surface area contributed by atoms with E-state index in [9.17, 15) is 14.3 Å². The lowest BCUT2D eigenvalue weighted by Gasteiger charge is -2.18. The Kier molecular flexibility index (Phi) is 6.89. The molecule has 6 nitrogen and oxygen atoms in total. The predicted octanol–water partition coefficient (Wildman–Crippen LogP) is 3.56. The minimum Gasteiger partial charge on any atom is -0.474 e. The molecule has 3 aromatic rings. The predicted molar refractivity (Wildman–Crippen MR) is 115 cm³/mol. The van der Waals surface area contributed by atoms with Gasteiger partial charge >= 0.3 is 0 Å². The Morgan fingerprint density at radius 2 is 1.97 bits per heavy atom. The molecule has 2 aromatic heterocycles. The highest BCUT2D eigenvalue weighted by molar-refractivity contribution is 7.99. The largest absolute Gasteiger partial charge is 0.474 e. The summed E-state index contributed by atoms with van der Waals surface area (Å²) in [6.07, 6.45) is 5.44. The van der Waals surface area contributed by atoms with Crippen LogP contribution >= 0.6 is 11.8 Å². The lowest BCUT2D eigenvalue weighted by Crippen LogP contribution is -2.28. The van der Waals surface area contributed by atoms with E-state index in [-0.39, 0.29) is 18.0 Å². The number of aromatic nitrogens is 3. The Bertz CT molecular complexity index is 1060. The van der Waals surface area contributed by atoms with Crippen molar-refractivity contribution >= 4 is 11.8 Å². The van der Waals surface area contributed by atoms with E-state index < -0.39 is 5.60 Å². The zero-order valence-electron chi connectivity index (χ0n) is 17.1. The molecule has 0 amide bonds. The second-order valence-corrected chi connectivity index (χ2v) is 8.63. The van der Waals surface area contributed by atoms with Crippen molar-refractivity contribution in [2.24, 2.45) is 0 Å². The molecule has 30 heavy (non-hydrogen) atoms. The highest BCUT2D eigenvalue weighted by Gasteiger charge is 2.15. The van der Waals surface area contributed by atoms with Gasteiger partial charge in [-0.15, -0.1) is 11.8 Å². The molecule has 0 saturated carbocycles. The highest BCUT2D eigenvalue weighted by atomic mass is 32.2. The van der Waals surface area contributed by atoms with Crippen LogP contribution in [0.4, 0.5) is 4.39 Å². The molecule has 0 fully saturated rings. The Balaban J connectivity index is 1.71. The summed E-state index contributed by atoms with van der Waals surface area (Å²) in [7, 11) is 0. The molecule has 3 rings (SSSR count). The van der Waals surface area contributed by atoms with Gasteiger partial charge in [-0.1, -0.05) is 12.1 Å². The number of halogens is 1. The van der Waals surface area contributed by atoms with Gasteiger partial charge in [-0.25, -0.2) is 14.4 Å². The van der Waals surface area contributed by atoms with Crippen molar-refractivity contribution in [1.82, 2.24) is 14.5 Å². The van der Waals surface area contributed by atoms with Gasteiger partial charge in [0.1, 0.15) is 12.4 Å². The van der Waals surface area contributed by atoms with Crippen molar-refractivity contribution in [1.29, 1.82) is 0 Å². The van der Waals surface area contributed by atoms with Crippen LogP contribution in [0.1, 0.15) is 25.0 Å². The number of hydrogen-bond donors (Lipinski definition) is 1. The van der Waals surface area contributed by atoms with E-state index in [0.717, 1.165) is 11.1 Å². The number of nitrogens with zero attached hydrogens (tertiary/aromatic N) is 3. The third kappa shape index (κ3) is 5.90. The normalized spacial score (nSPS) is 11.5. The fraction of sp³-hybridized carbons (Fsp3) is 0.318. The van der Waals surface area contributed by atoms with Crippen LogP contribution in [0.3, 0.4) is 0 Å². The van der Waals surface area contributed by atoms with Crippen LogP contribution < -0.4 is 10.3 Å². The summed E-state index contributed by atoms with van der Waals surface area (Å²) >= 11 is 1.36. The molecular formula is C22H24FN3O3S. The molecule has 0 unspecified atom stereocenters. The maximum atomic E-state index is 13.0. The van der Waals surface area contributed by atoms with E-state index >= 15 is 0 Å². The zero-order valence-corrected chi connectivity index (χ0v) is 17.9. The molecule has 0 aliphatic carbocycles. The maximum absolute atomic E-state index is 13.0. The van der Waals surface area contributed by atoms with E-state index in [2.05, 4.69) is 9.97 Å². The van der Waals surface area contributed by atoms with Gasteiger partial charge in [0.25, 0.3) is 5.56 Å². The van der Waals surface area contributed by atoms with Crippen LogP contribution in [-0.2, 0) is 6.42 Å². The number of benzene rings is 1. The first-order valence-electron chi connectivity index (χ1n) is 9.50. The van der Waals surface area contributed by atoms with Gasteiger partial charge in [0.2, 0.25) is 5.88 Å². The van der Waals surface area contributed by atoms with Crippen LogP contribution in [0.25, 0.3) is 5.69 Å². The standard InChI is InChI=1S/C22H24FN3O3S/c1-15-12-18(13-25-19(15)29-14-22(2,3)28)26-10-9-24-20(21(26)27)30-11-8-16-4-6-17(23)7-5-16/h4-7,9-10,12-13,28H,8,11,14H2,1-3H3. The van der Waals surface area contributed by atoms with Crippen molar-refractivity contribution in [3.63, 3.8) is 0 Å². The summed E-state index contributed by atoms with van der Waals surface area (Å²) in [6, 6.07) is 8.14. The lowest BCUT2D eigenvalue weighted by molar-refractivity contribution is 0.0266. The summed E-state index contributed by atoms with van der Waals surface area (Å²) in [5.74, 6) is 0.801. The SMILES string of the molecule is Cc1cc(-n2ccnc(SCCc3ccc(F)cc3)c2=O)cnc1OCC(C)(C)O. The summed E-state index contributed by atoms with van der Waals surface area (Å²) in [6.45, 7) is 5.26. The lowest BCUT2D eigenvalue weighted by atomic mass is 10.2. The van der Waals surface area contributed by atoms with Gasteiger partial charge in [-0.2, -0.15) is 0 Å². The highest BCUT2D eigenvalue weighted by Crippen LogP contribution is 2.19. The fourth-order valence-electron chi connectivity index (χ4n) is 2.69. The van der Waals surface area contributed by atoms with E-state index in [4.69, 9.17) is 4.74 Å². The van der Waals surface area contributed by atoms with Gasteiger partial charge in [0.05, 0.1) is 17.5 Å². The number of aryl methyl sites for hydroxylation is 2. The number of pyridine rings is 1. The molecule has 0 bridgehead atoms. The first-order chi connectivity index (χ1) is 14.2. The Hall–Kier alpha value is -2.71. The second-order valence-electron chi connectivity index (χ2n) is 7.55. The molecule has 0 radical (unpaired) electrons. The smallest absolute Gasteiger partial charge is 0.287 e. The zero-order chi connectivity index (χ0) is 21.7. The average Bonchev–Trinajstić information content (AvgIpc) is 2.69. The minimum atomic E-state index is -0.963. The molecule has 0 aliphatic rings. The molecule has 1 N–H and O–H groups in total. The van der Waals surface area contributed by atoms with Gasteiger partial charge in [0, 0.05) is 23.7 Å². The third-order valence-corrected chi connectivity index (χ3v) is 5.17. The minimum absolute atomic E-state index is 0.115. The fourth-order valence-corrected chi connectivity index (χ4v) is 3.58. The van der Waals surface area contributed by atoms with Gasteiger partial charge in [0.15, 0.2) is 5.03 Å². The molecule has 0 spiro atoms. The quantitative estimate of drug-likeness (QED) is 0.552. The topological polar surface area (TPSA) is 77.2 Å². The van der Waals surface area contributed by atoms with Crippen molar-refractivity contribution in [2.75, 3.05) is 12.4 Å². The number of rotatable bonds is 8. The van der Waals surface area contributed by atoms with Crippen LogP contribution in [0.5, 0.6) is 5.88 Å². The summed E-state index contributed by atoms with van der Waals surface area (Å²) in [5.41, 5.74) is 1.17. The molecule has 0 atom stereocenters. The Morgan fingerprint density at radius 3 is 2.63 bits per heavy atom. The van der Waals surface area contributed by atoms with Crippen LogP contribution in [0, 0.1) is 12.7 Å². The maximum Gasteiger partial charge on any atom is 0.287 e. The van der Waals surface area contributed by atoms with Crippen LogP contribution in [-0.4, -0.2) is 37.6 Å². The van der Waals surface area contributed by atoms with Crippen molar-refractivity contribution in [3.8, 4) is 11.6 Å². The molecule has 0 saturated heterocycles. The van der Waals surface area contributed by atoms with E-state index in [1.807, 2.05) is 6.92 Å². The third-order valence-electron chi connectivity index (χ3n) is 4.21. The van der Waals surface area contributed by atoms with Gasteiger partial charge in [-0.3, -0.25) is 9.36 Å². The Labute approximate surface area is 178 Å². The number of ether oxygens (including phenoxy) is 1. The van der Waals surface area contributed by atoms with E-state index in [0.29, 0.717) is 28.8 Å². The molecule has 0 aliphatic heterocycles. The first-order valence-corrected chi connectivity index (χ1v) is 10.5. The van der Waals surface area contributed by atoms with Crippen molar-refractivity contribution in [2.45, 2.75) is 37.8 Å². The van der Waals surface area contributed by atoms with Crippen LogP contribution in [0.2, 0.25) is 0 Å². The van der Waals surface area contributed by atoms with Crippen molar-refractivity contribution in [3.05, 3.63) is 76.2 Å². The second kappa shape index (κ2) is 9.40. The first kappa shape index (κ1) is 22.0. The van der Waals surface area contributed by atoms with E-state index in [1.54, 1.807) is 50.6 Å². The molecule has 1 aromatic carbocycles. The average molecular weight is 430 g/mol. The number of hydrogen-bond acceptors (Lipinski definition) is 6. The number of thioether (sulfide) groups is 1. The summed E-state index contributed by atoms with van der Waals surface area (Å²) < 4.78 is 20.1. The van der Waals surface area contributed by atoms with E-state index in [1.165, 1.54) is 28.5 Å². The summed E-state index contributed by atoms with van der Waals surface area (Å²) in [4.78, 5) is 21.3. The monoisotopic (exact) mass is 429 g/mol. The Morgan fingerprint density at radius 1 is 1.23 bits per heavy atom. The molecule has 8 heteroatoms. The molecular weight excluding hydrogens is 405 g/mol. The molecule has 2 heterocycles.